The van der Waals surface area contributed by atoms with E-state index in [1.165, 1.54) is 103 Å². The number of esters is 1. The minimum absolute atomic E-state index is 0.210. The molecule has 316 valence electrons. The summed E-state index contributed by atoms with van der Waals surface area (Å²) in [4.78, 5) is 11.1. The van der Waals surface area contributed by atoms with Gasteiger partial charge in [0.1, 0.15) is 0 Å². The molecule has 0 aromatic carbocycles. The third kappa shape index (κ3) is 48.9. The summed E-state index contributed by atoms with van der Waals surface area (Å²) in [5.74, 6) is -0.347. The molecule has 10 nitrogen and oxygen atoms in total. The summed E-state index contributed by atoms with van der Waals surface area (Å²) in [5.41, 5.74) is 0. The SMILES string of the molecule is C=COC(=O)CCOCCOCCCOCCCOCCCOCCCOCCCOCCCOCCCCCCCCCCCCCCCCCC. The molecule has 0 aromatic heterocycles. The van der Waals surface area contributed by atoms with Crippen LogP contribution >= 0.6 is 0 Å². The Morgan fingerprint density at radius 3 is 0.887 bits per heavy atom. The van der Waals surface area contributed by atoms with Crippen LogP contribution in [0.25, 0.3) is 0 Å². The Kier molecular flexibility index (Phi) is 47.9. The standard InChI is InChI=1S/C43H84O10/c1-3-5-6-7-8-9-10-11-12-13-14-15-16-17-18-19-27-45-28-20-29-46-30-21-31-47-32-22-33-48-34-23-35-49-36-24-37-50-38-25-39-51-41-42-52-40-26-43(44)53-4-2/h4H,2-3,5-42H2,1H3. The van der Waals surface area contributed by atoms with Crippen LogP contribution in [0.2, 0.25) is 0 Å². The van der Waals surface area contributed by atoms with Crippen molar-refractivity contribution in [3.8, 4) is 0 Å². The van der Waals surface area contributed by atoms with Crippen LogP contribution in [0.5, 0.6) is 0 Å². The lowest BCUT2D eigenvalue weighted by Gasteiger charge is -2.08. The Balaban J connectivity index is 3.06. The van der Waals surface area contributed by atoms with Crippen LogP contribution in [0.15, 0.2) is 12.8 Å². The largest absolute Gasteiger partial charge is 0.435 e. The maximum Gasteiger partial charge on any atom is 0.312 e. The molecule has 0 aliphatic rings. The van der Waals surface area contributed by atoms with Gasteiger partial charge in [-0.05, 0) is 44.9 Å². The third-order valence-corrected chi connectivity index (χ3v) is 8.64. The molecule has 0 amide bonds. The van der Waals surface area contributed by atoms with Crippen LogP contribution in [0.4, 0.5) is 0 Å². The monoisotopic (exact) mass is 761 g/mol. The van der Waals surface area contributed by atoms with Crippen LogP contribution < -0.4 is 0 Å². The zero-order valence-electron chi connectivity index (χ0n) is 34.4. The maximum absolute atomic E-state index is 11.1. The van der Waals surface area contributed by atoms with E-state index in [4.69, 9.17) is 37.9 Å². The minimum Gasteiger partial charge on any atom is -0.435 e. The Labute approximate surface area is 326 Å². The highest BCUT2D eigenvalue weighted by Gasteiger charge is 2.01. The van der Waals surface area contributed by atoms with E-state index in [-0.39, 0.29) is 12.4 Å². The number of ether oxygens (including phenoxy) is 9. The summed E-state index contributed by atoms with van der Waals surface area (Å²) in [7, 11) is 0. The predicted octanol–water partition coefficient (Wildman–Crippen LogP) is 9.80. The number of carbonyl (C=O) groups is 1. The van der Waals surface area contributed by atoms with E-state index < -0.39 is 0 Å². The molecule has 0 heterocycles. The molecule has 0 aromatic rings. The lowest BCUT2D eigenvalue weighted by atomic mass is 10.0. The molecule has 53 heavy (non-hydrogen) atoms. The minimum atomic E-state index is -0.347. The maximum atomic E-state index is 11.1. The fourth-order valence-electron chi connectivity index (χ4n) is 5.57. The molecule has 0 atom stereocenters. The van der Waals surface area contributed by atoms with Gasteiger partial charge in [-0.3, -0.25) is 4.79 Å². The summed E-state index contributed by atoms with van der Waals surface area (Å²) in [6.07, 6.45) is 29.1. The molecule has 10 heteroatoms. The highest BCUT2D eigenvalue weighted by Crippen LogP contribution is 2.13. The molecule has 0 unspecified atom stereocenters. The molecule has 0 spiro atoms. The highest BCUT2D eigenvalue weighted by molar-refractivity contribution is 5.69. The number of rotatable bonds is 48. The van der Waals surface area contributed by atoms with E-state index in [1.54, 1.807) is 0 Å². The van der Waals surface area contributed by atoms with E-state index in [2.05, 4.69) is 18.2 Å². The molecule has 0 saturated carbocycles. The van der Waals surface area contributed by atoms with Crippen molar-refractivity contribution in [1.29, 1.82) is 0 Å². The zero-order valence-corrected chi connectivity index (χ0v) is 34.4. The van der Waals surface area contributed by atoms with Crippen molar-refractivity contribution in [2.24, 2.45) is 0 Å². The Morgan fingerprint density at radius 1 is 0.340 bits per heavy atom. The second kappa shape index (κ2) is 48.9. The lowest BCUT2D eigenvalue weighted by Crippen LogP contribution is -2.10. The fraction of sp³-hybridized carbons (Fsp3) is 0.930. The summed E-state index contributed by atoms with van der Waals surface area (Å²) < 4.78 is 49.5. The fourth-order valence-corrected chi connectivity index (χ4v) is 5.57. The quantitative estimate of drug-likeness (QED) is 0.0339. The van der Waals surface area contributed by atoms with Gasteiger partial charge in [0.25, 0.3) is 0 Å². The summed E-state index contributed by atoms with van der Waals surface area (Å²) in [5, 5.41) is 0. The van der Waals surface area contributed by atoms with Crippen LogP contribution in [-0.2, 0) is 47.4 Å². The van der Waals surface area contributed by atoms with Gasteiger partial charge in [-0.2, -0.15) is 0 Å². The van der Waals surface area contributed by atoms with Gasteiger partial charge in [0.05, 0.1) is 32.5 Å². The van der Waals surface area contributed by atoms with Crippen molar-refractivity contribution in [2.45, 2.75) is 155 Å². The third-order valence-electron chi connectivity index (χ3n) is 8.64. The molecule has 0 fully saturated rings. The summed E-state index contributed by atoms with van der Waals surface area (Å²) in [6, 6.07) is 0. The Bertz CT molecular complexity index is 696. The average molecular weight is 761 g/mol. The van der Waals surface area contributed by atoms with Gasteiger partial charge in [0.15, 0.2) is 0 Å². The van der Waals surface area contributed by atoms with Gasteiger partial charge in [0, 0.05) is 85.9 Å². The summed E-state index contributed by atoms with van der Waals surface area (Å²) in [6.45, 7) is 16.3. The first kappa shape index (κ1) is 51.9. The topological polar surface area (TPSA) is 100 Å². The molecule has 0 saturated heterocycles. The molecule has 0 aliphatic heterocycles. The molecule has 0 N–H and O–H groups in total. The first-order chi connectivity index (χ1) is 26.3. The number of carbonyl (C=O) groups excluding carboxylic acids is 1. The normalized spacial score (nSPS) is 11.4. The Hall–Kier alpha value is -1.11. The first-order valence-corrected chi connectivity index (χ1v) is 21.7. The van der Waals surface area contributed by atoms with Crippen molar-refractivity contribution < 1.29 is 47.4 Å². The van der Waals surface area contributed by atoms with Crippen molar-refractivity contribution in [3.05, 3.63) is 12.8 Å². The molecule has 0 bridgehead atoms. The van der Waals surface area contributed by atoms with Gasteiger partial charge >= 0.3 is 5.97 Å². The van der Waals surface area contributed by atoms with Gasteiger partial charge in [-0.25, -0.2) is 0 Å². The van der Waals surface area contributed by atoms with E-state index in [1.807, 2.05) is 0 Å². The van der Waals surface area contributed by atoms with Crippen molar-refractivity contribution in [3.63, 3.8) is 0 Å². The van der Waals surface area contributed by atoms with Crippen LogP contribution in [0, 0.1) is 0 Å². The van der Waals surface area contributed by atoms with E-state index in [9.17, 15) is 4.79 Å². The Morgan fingerprint density at radius 2 is 0.585 bits per heavy atom. The second-order valence-electron chi connectivity index (χ2n) is 13.7. The van der Waals surface area contributed by atoms with Crippen LogP contribution in [0.1, 0.15) is 155 Å². The summed E-state index contributed by atoms with van der Waals surface area (Å²) >= 11 is 0. The predicted molar refractivity (Wildman–Crippen MR) is 215 cm³/mol. The van der Waals surface area contributed by atoms with Gasteiger partial charge in [-0.15, -0.1) is 0 Å². The lowest BCUT2D eigenvalue weighted by molar-refractivity contribution is -0.139. The number of hydrogen-bond donors (Lipinski definition) is 0. The average Bonchev–Trinajstić information content (AvgIpc) is 3.16. The van der Waals surface area contributed by atoms with Gasteiger partial charge < -0.3 is 42.6 Å². The zero-order chi connectivity index (χ0) is 38.2. The number of unbranched alkanes of at least 4 members (excludes halogenated alkanes) is 15. The van der Waals surface area contributed by atoms with Gasteiger partial charge in [-0.1, -0.05) is 110 Å². The van der Waals surface area contributed by atoms with E-state index in [0.717, 1.165) is 84.4 Å². The number of hydrogen-bond acceptors (Lipinski definition) is 10. The first-order valence-electron chi connectivity index (χ1n) is 21.7. The molecule has 0 radical (unpaired) electrons. The molecule has 0 rings (SSSR count). The molecular formula is C43H84O10. The van der Waals surface area contributed by atoms with Crippen molar-refractivity contribution in [2.75, 3.05) is 106 Å². The van der Waals surface area contributed by atoms with E-state index >= 15 is 0 Å². The smallest absolute Gasteiger partial charge is 0.312 e. The second-order valence-corrected chi connectivity index (χ2v) is 13.7. The van der Waals surface area contributed by atoms with Crippen LogP contribution in [-0.4, -0.2) is 112 Å². The molecular weight excluding hydrogens is 676 g/mol. The van der Waals surface area contributed by atoms with Crippen LogP contribution in [0.3, 0.4) is 0 Å². The molecule has 0 aliphatic carbocycles. The van der Waals surface area contributed by atoms with Crippen molar-refractivity contribution in [1.82, 2.24) is 0 Å². The highest BCUT2D eigenvalue weighted by atomic mass is 16.5. The van der Waals surface area contributed by atoms with Gasteiger partial charge in [0.2, 0.25) is 0 Å². The van der Waals surface area contributed by atoms with E-state index in [0.29, 0.717) is 66.1 Å². The van der Waals surface area contributed by atoms with Crippen molar-refractivity contribution >= 4 is 5.97 Å².